The number of ketones is 1. The SMILES string of the molecule is COc1cc([C@H]2C(C#N)=C(N)OC3=C2C(=O)CC(C)(C)C3)cc([N+](=O)[O-])c1[O-]. The first kappa shape index (κ1) is 19.2. The number of methoxy groups -OCH3 is 1. The van der Waals surface area contributed by atoms with Crippen LogP contribution >= 0.6 is 0 Å². The molecule has 3 rings (SSSR count). The standard InChI is InChI=1S/C19H19N3O6/c1-19(2)6-12(23)16-14(7-19)28-18(21)10(8-20)15(16)9-4-11(22(25)26)17(24)13(5-9)27-3/h4-5,15,24H,6-7,21H2,1-3H3/p-1/t15-/m0/s1. The van der Waals surface area contributed by atoms with E-state index in [1.807, 2.05) is 19.9 Å². The lowest BCUT2D eigenvalue weighted by Crippen LogP contribution is -2.33. The number of allylic oxidation sites excluding steroid dienone is 3. The Balaban J connectivity index is 2.28. The summed E-state index contributed by atoms with van der Waals surface area (Å²) < 4.78 is 10.6. The molecule has 0 bridgehead atoms. The molecule has 0 aromatic heterocycles. The van der Waals surface area contributed by atoms with Gasteiger partial charge in [-0.25, -0.2) is 0 Å². The Morgan fingerprint density at radius 2 is 2.07 bits per heavy atom. The van der Waals surface area contributed by atoms with Crippen molar-refractivity contribution in [2.75, 3.05) is 7.11 Å². The van der Waals surface area contributed by atoms with Crippen molar-refractivity contribution in [3.05, 3.63) is 50.6 Å². The lowest BCUT2D eigenvalue weighted by molar-refractivity contribution is -0.398. The summed E-state index contributed by atoms with van der Waals surface area (Å²) in [5.74, 6) is -2.16. The van der Waals surface area contributed by atoms with Crippen LogP contribution in [0, 0.1) is 26.9 Å². The van der Waals surface area contributed by atoms with Gasteiger partial charge in [-0.05, 0) is 17.0 Å². The van der Waals surface area contributed by atoms with Gasteiger partial charge >= 0.3 is 0 Å². The van der Waals surface area contributed by atoms with E-state index < -0.39 is 22.3 Å². The molecular weight excluding hydrogens is 366 g/mol. The fraction of sp³-hybridized carbons (Fsp3) is 0.368. The molecule has 9 heteroatoms. The molecule has 0 saturated carbocycles. The van der Waals surface area contributed by atoms with Gasteiger partial charge in [0.15, 0.2) is 5.78 Å². The number of carbonyl (C=O) groups excluding carboxylic acids is 1. The highest BCUT2D eigenvalue weighted by Crippen LogP contribution is 2.49. The molecule has 0 radical (unpaired) electrons. The summed E-state index contributed by atoms with van der Waals surface area (Å²) in [4.78, 5) is 23.4. The molecule has 1 aliphatic carbocycles. The topological polar surface area (TPSA) is 152 Å². The zero-order chi connectivity index (χ0) is 20.8. The molecule has 0 spiro atoms. The average molecular weight is 384 g/mol. The zero-order valence-corrected chi connectivity index (χ0v) is 15.6. The third kappa shape index (κ3) is 3.03. The number of benzene rings is 1. The molecule has 0 fully saturated rings. The van der Waals surface area contributed by atoms with Crippen LogP contribution in [0.4, 0.5) is 5.69 Å². The normalized spacial score (nSPS) is 20.9. The van der Waals surface area contributed by atoms with Crippen LogP contribution in [0.15, 0.2) is 34.9 Å². The Hall–Kier alpha value is -3.54. The highest BCUT2D eigenvalue weighted by Gasteiger charge is 2.43. The van der Waals surface area contributed by atoms with E-state index in [1.165, 1.54) is 13.2 Å². The number of nitrogens with two attached hydrogens (primary N) is 1. The van der Waals surface area contributed by atoms with E-state index in [-0.39, 0.29) is 46.0 Å². The van der Waals surface area contributed by atoms with Crippen LogP contribution in [0.2, 0.25) is 0 Å². The Morgan fingerprint density at radius 1 is 1.39 bits per heavy atom. The largest absolute Gasteiger partial charge is 0.865 e. The minimum absolute atomic E-state index is 0.0400. The molecule has 0 amide bonds. The van der Waals surface area contributed by atoms with Gasteiger partial charge in [0.05, 0.1) is 18.0 Å². The molecule has 146 valence electrons. The Morgan fingerprint density at radius 3 is 2.64 bits per heavy atom. The molecule has 9 nitrogen and oxygen atoms in total. The quantitative estimate of drug-likeness (QED) is 0.614. The Labute approximate surface area is 160 Å². The van der Waals surface area contributed by atoms with Gasteiger partial charge in [0.2, 0.25) is 5.88 Å². The first-order valence-electron chi connectivity index (χ1n) is 8.46. The summed E-state index contributed by atoms with van der Waals surface area (Å²) in [6.07, 6.45) is 0.645. The molecule has 1 aromatic rings. The first-order chi connectivity index (χ1) is 13.1. The van der Waals surface area contributed by atoms with E-state index in [4.69, 9.17) is 15.2 Å². The van der Waals surface area contributed by atoms with Gasteiger partial charge in [0.25, 0.3) is 5.69 Å². The Bertz CT molecular complexity index is 1000. The maximum atomic E-state index is 12.9. The molecule has 1 heterocycles. The van der Waals surface area contributed by atoms with Gasteiger partial charge in [-0.15, -0.1) is 0 Å². The summed E-state index contributed by atoms with van der Waals surface area (Å²) in [5.41, 5.74) is 5.26. The maximum Gasteiger partial charge on any atom is 0.265 e. The van der Waals surface area contributed by atoms with Crippen molar-refractivity contribution < 1.29 is 24.3 Å². The summed E-state index contributed by atoms with van der Waals surface area (Å²) in [6, 6.07) is 4.29. The first-order valence-corrected chi connectivity index (χ1v) is 8.46. The lowest BCUT2D eigenvalue weighted by atomic mass is 9.70. The lowest BCUT2D eigenvalue weighted by Gasteiger charge is -2.37. The van der Waals surface area contributed by atoms with Gasteiger partial charge in [0, 0.05) is 30.2 Å². The summed E-state index contributed by atoms with van der Waals surface area (Å²) in [6.45, 7) is 3.82. The number of ether oxygens (including phenoxy) is 2. The van der Waals surface area contributed by atoms with E-state index in [0.717, 1.165) is 6.07 Å². The third-order valence-corrected chi connectivity index (χ3v) is 4.88. The fourth-order valence-corrected chi connectivity index (χ4v) is 3.68. The van der Waals surface area contributed by atoms with Crippen molar-refractivity contribution >= 4 is 11.5 Å². The number of nitro groups is 1. The van der Waals surface area contributed by atoms with Crippen LogP contribution in [-0.4, -0.2) is 17.8 Å². The highest BCUT2D eigenvalue weighted by molar-refractivity contribution is 6.00. The van der Waals surface area contributed by atoms with E-state index in [2.05, 4.69) is 0 Å². The third-order valence-electron chi connectivity index (χ3n) is 4.88. The van der Waals surface area contributed by atoms with Crippen molar-refractivity contribution in [1.29, 1.82) is 5.26 Å². The molecule has 1 aromatic carbocycles. The number of nitrogens with zero attached hydrogens (tertiary/aromatic N) is 2. The second-order valence-electron chi connectivity index (χ2n) is 7.53. The molecule has 0 unspecified atom stereocenters. The maximum absolute atomic E-state index is 12.9. The average Bonchev–Trinajstić information content (AvgIpc) is 2.59. The van der Waals surface area contributed by atoms with Crippen molar-refractivity contribution in [3.63, 3.8) is 0 Å². The van der Waals surface area contributed by atoms with E-state index >= 15 is 0 Å². The van der Waals surface area contributed by atoms with Crippen molar-refractivity contribution in [1.82, 2.24) is 0 Å². The van der Waals surface area contributed by atoms with Gasteiger partial charge in [-0.2, -0.15) is 5.26 Å². The number of rotatable bonds is 3. The number of hydrogen-bond donors (Lipinski definition) is 1. The van der Waals surface area contributed by atoms with Crippen LogP contribution in [0.3, 0.4) is 0 Å². The van der Waals surface area contributed by atoms with Crippen LogP contribution in [0.25, 0.3) is 0 Å². The van der Waals surface area contributed by atoms with E-state index in [9.17, 15) is 25.3 Å². The molecule has 28 heavy (non-hydrogen) atoms. The minimum atomic E-state index is -0.967. The molecule has 2 aliphatic rings. The van der Waals surface area contributed by atoms with Crippen molar-refractivity contribution in [2.45, 2.75) is 32.6 Å². The fourth-order valence-electron chi connectivity index (χ4n) is 3.68. The molecule has 0 saturated heterocycles. The summed E-state index contributed by atoms with van der Waals surface area (Å²) in [5, 5.41) is 33.1. The molecular formula is C19H18N3O6-. The van der Waals surface area contributed by atoms with E-state index in [1.54, 1.807) is 0 Å². The van der Waals surface area contributed by atoms with Crippen molar-refractivity contribution in [2.24, 2.45) is 11.1 Å². The van der Waals surface area contributed by atoms with Gasteiger partial charge < -0.3 is 20.3 Å². The smallest absolute Gasteiger partial charge is 0.265 e. The summed E-state index contributed by atoms with van der Waals surface area (Å²) in [7, 11) is 1.21. The van der Waals surface area contributed by atoms with Gasteiger partial charge in [0.1, 0.15) is 23.2 Å². The summed E-state index contributed by atoms with van der Waals surface area (Å²) >= 11 is 0. The van der Waals surface area contributed by atoms with Crippen molar-refractivity contribution in [3.8, 4) is 17.6 Å². The molecule has 1 aliphatic heterocycles. The van der Waals surface area contributed by atoms with Crippen LogP contribution in [-0.2, 0) is 9.53 Å². The minimum Gasteiger partial charge on any atom is -0.865 e. The van der Waals surface area contributed by atoms with E-state index in [0.29, 0.717) is 12.2 Å². The Kier molecular flexibility index (Phi) is 4.51. The van der Waals surface area contributed by atoms with Gasteiger partial charge in [-0.1, -0.05) is 13.8 Å². The second-order valence-corrected chi connectivity index (χ2v) is 7.53. The monoisotopic (exact) mass is 384 g/mol. The number of carbonyl (C=O) groups is 1. The van der Waals surface area contributed by atoms with Crippen LogP contribution in [0.1, 0.15) is 38.2 Å². The number of hydrogen-bond acceptors (Lipinski definition) is 8. The predicted molar refractivity (Wildman–Crippen MR) is 94.8 cm³/mol. The predicted octanol–water partition coefficient (Wildman–Crippen LogP) is 2.13. The zero-order valence-electron chi connectivity index (χ0n) is 15.6. The van der Waals surface area contributed by atoms with Crippen LogP contribution in [0.5, 0.6) is 11.5 Å². The van der Waals surface area contributed by atoms with Crippen LogP contribution < -0.4 is 15.6 Å². The highest BCUT2D eigenvalue weighted by atomic mass is 16.6. The molecule has 2 N–H and O–H groups in total. The van der Waals surface area contributed by atoms with Gasteiger partial charge in [-0.3, -0.25) is 14.9 Å². The second kappa shape index (κ2) is 6.56. The molecule has 1 atom stereocenters. The number of Topliss-reactive ketones (excluding diaryl/α,β-unsaturated/α-hetero) is 1. The number of nitriles is 1. The number of nitro benzene ring substituents is 1.